The second-order valence-electron chi connectivity index (χ2n) is 7.77. The SMILES string of the molecule is CC(C)(C)c1nnn(-c2ccc(F)cc2)c1CCC1CC(O)CC(=O)O1. The molecular formula is C19H24FN3O3. The van der Waals surface area contributed by atoms with E-state index >= 15 is 0 Å². The molecular weight excluding hydrogens is 337 g/mol. The first-order valence-corrected chi connectivity index (χ1v) is 8.82. The van der Waals surface area contributed by atoms with Gasteiger partial charge in [-0.2, -0.15) is 0 Å². The number of aliphatic hydroxyl groups is 1. The van der Waals surface area contributed by atoms with Crippen LogP contribution in [0, 0.1) is 5.82 Å². The molecule has 1 saturated heterocycles. The van der Waals surface area contributed by atoms with E-state index in [4.69, 9.17) is 4.74 Å². The van der Waals surface area contributed by atoms with Crippen molar-refractivity contribution in [3.63, 3.8) is 0 Å². The van der Waals surface area contributed by atoms with Crippen molar-refractivity contribution in [1.82, 2.24) is 15.0 Å². The summed E-state index contributed by atoms with van der Waals surface area (Å²) in [5.74, 6) is -0.676. The molecule has 0 saturated carbocycles. The molecule has 3 rings (SSSR count). The van der Waals surface area contributed by atoms with E-state index < -0.39 is 6.10 Å². The molecule has 0 spiro atoms. The Bertz CT molecular complexity index is 780. The lowest BCUT2D eigenvalue weighted by molar-refractivity contribution is -0.160. The van der Waals surface area contributed by atoms with Gasteiger partial charge >= 0.3 is 5.97 Å². The van der Waals surface area contributed by atoms with Gasteiger partial charge in [-0.3, -0.25) is 4.79 Å². The average Bonchev–Trinajstić information content (AvgIpc) is 2.97. The highest BCUT2D eigenvalue weighted by Gasteiger charge is 2.29. The summed E-state index contributed by atoms with van der Waals surface area (Å²) in [5, 5.41) is 18.4. The number of rotatable bonds is 4. The third kappa shape index (κ3) is 4.09. The van der Waals surface area contributed by atoms with Gasteiger partial charge in [-0.1, -0.05) is 26.0 Å². The Morgan fingerprint density at radius 1 is 1.31 bits per heavy atom. The van der Waals surface area contributed by atoms with Gasteiger partial charge in [0.05, 0.1) is 29.6 Å². The van der Waals surface area contributed by atoms with Gasteiger partial charge in [0.2, 0.25) is 0 Å². The van der Waals surface area contributed by atoms with Crippen LogP contribution in [-0.4, -0.2) is 38.3 Å². The minimum atomic E-state index is -0.650. The predicted octanol–water partition coefficient (Wildman–Crippen LogP) is 2.70. The average molecular weight is 361 g/mol. The zero-order valence-corrected chi connectivity index (χ0v) is 15.3. The van der Waals surface area contributed by atoms with Gasteiger partial charge in [-0.05, 0) is 37.1 Å². The Kier molecular flexibility index (Phi) is 5.09. The molecule has 1 aliphatic heterocycles. The fourth-order valence-corrected chi connectivity index (χ4v) is 3.23. The van der Waals surface area contributed by atoms with Crippen molar-refractivity contribution >= 4 is 5.97 Å². The van der Waals surface area contributed by atoms with Gasteiger partial charge in [0.25, 0.3) is 0 Å². The number of carbonyl (C=O) groups excluding carboxylic acids is 1. The number of halogens is 1. The first kappa shape index (κ1) is 18.5. The number of hydrogen-bond acceptors (Lipinski definition) is 5. The van der Waals surface area contributed by atoms with Gasteiger partial charge in [-0.25, -0.2) is 9.07 Å². The van der Waals surface area contributed by atoms with E-state index in [1.165, 1.54) is 12.1 Å². The topological polar surface area (TPSA) is 77.2 Å². The minimum absolute atomic E-state index is 0.0544. The normalized spacial score (nSPS) is 20.9. The molecule has 7 heteroatoms. The molecule has 2 heterocycles. The van der Waals surface area contributed by atoms with Crippen molar-refractivity contribution in [2.75, 3.05) is 0 Å². The maximum atomic E-state index is 13.2. The second-order valence-corrected chi connectivity index (χ2v) is 7.77. The number of nitrogens with zero attached hydrogens (tertiary/aromatic N) is 3. The van der Waals surface area contributed by atoms with Crippen LogP contribution < -0.4 is 0 Å². The fraction of sp³-hybridized carbons (Fsp3) is 0.526. The number of esters is 1. The summed E-state index contributed by atoms with van der Waals surface area (Å²) >= 11 is 0. The lowest BCUT2D eigenvalue weighted by Crippen LogP contribution is -2.33. The highest BCUT2D eigenvalue weighted by atomic mass is 19.1. The van der Waals surface area contributed by atoms with E-state index in [9.17, 15) is 14.3 Å². The van der Waals surface area contributed by atoms with Crippen molar-refractivity contribution in [2.24, 2.45) is 0 Å². The number of ether oxygens (including phenoxy) is 1. The van der Waals surface area contributed by atoms with Gasteiger partial charge in [0.1, 0.15) is 11.9 Å². The third-order valence-corrected chi connectivity index (χ3v) is 4.48. The van der Waals surface area contributed by atoms with Gasteiger partial charge in [0, 0.05) is 11.8 Å². The molecule has 2 aromatic rings. The van der Waals surface area contributed by atoms with E-state index in [1.807, 2.05) is 0 Å². The van der Waals surface area contributed by atoms with Crippen molar-refractivity contribution in [3.8, 4) is 5.69 Å². The first-order chi connectivity index (χ1) is 12.2. The summed E-state index contributed by atoms with van der Waals surface area (Å²) in [4.78, 5) is 11.5. The van der Waals surface area contributed by atoms with E-state index in [2.05, 4.69) is 31.1 Å². The highest BCUT2D eigenvalue weighted by molar-refractivity contribution is 5.70. The molecule has 0 amide bonds. The molecule has 0 bridgehead atoms. The number of aliphatic hydroxyl groups excluding tert-OH is 1. The monoisotopic (exact) mass is 361 g/mol. The standard InChI is InChI=1S/C19H24FN3O3/c1-19(2,3)18-16(9-8-15-10-14(24)11-17(25)26-15)23(22-21-18)13-6-4-12(20)5-7-13/h4-7,14-15,24H,8-11H2,1-3H3. The summed E-state index contributed by atoms with van der Waals surface area (Å²) in [5.41, 5.74) is 2.27. The summed E-state index contributed by atoms with van der Waals surface area (Å²) in [6.07, 6.45) is 0.675. The Morgan fingerprint density at radius 3 is 2.62 bits per heavy atom. The lowest BCUT2D eigenvalue weighted by atomic mass is 9.89. The molecule has 1 aromatic carbocycles. The molecule has 140 valence electrons. The maximum Gasteiger partial charge on any atom is 0.308 e. The largest absolute Gasteiger partial charge is 0.462 e. The zero-order chi connectivity index (χ0) is 18.9. The summed E-state index contributed by atoms with van der Waals surface area (Å²) in [6.45, 7) is 6.17. The summed E-state index contributed by atoms with van der Waals surface area (Å²) < 4.78 is 20.3. The molecule has 26 heavy (non-hydrogen) atoms. The highest BCUT2D eigenvalue weighted by Crippen LogP contribution is 2.28. The van der Waals surface area contributed by atoms with E-state index in [-0.39, 0.29) is 29.7 Å². The van der Waals surface area contributed by atoms with Gasteiger partial charge in [-0.15, -0.1) is 5.10 Å². The van der Waals surface area contributed by atoms with Crippen LogP contribution in [0.1, 0.15) is 51.4 Å². The molecule has 0 radical (unpaired) electrons. The Hall–Kier alpha value is -2.28. The molecule has 2 atom stereocenters. The summed E-state index contributed by atoms with van der Waals surface area (Å²) in [6, 6.07) is 6.09. The van der Waals surface area contributed by atoms with Crippen LogP contribution >= 0.6 is 0 Å². The molecule has 6 nitrogen and oxygen atoms in total. The quantitative estimate of drug-likeness (QED) is 0.847. The van der Waals surface area contributed by atoms with Crippen LogP contribution in [0.15, 0.2) is 24.3 Å². The smallest absolute Gasteiger partial charge is 0.308 e. The van der Waals surface area contributed by atoms with Crippen LogP contribution in [0.25, 0.3) is 5.69 Å². The molecule has 2 unspecified atom stereocenters. The van der Waals surface area contributed by atoms with E-state index in [0.717, 1.165) is 17.1 Å². The Balaban J connectivity index is 1.87. The van der Waals surface area contributed by atoms with Crippen molar-refractivity contribution < 1.29 is 19.0 Å². The van der Waals surface area contributed by atoms with Crippen molar-refractivity contribution in [3.05, 3.63) is 41.5 Å². The zero-order valence-electron chi connectivity index (χ0n) is 15.3. The third-order valence-electron chi connectivity index (χ3n) is 4.48. The van der Waals surface area contributed by atoms with Crippen LogP contribution in [0.4, 0.5) is 4.39 Å². The number of benzene rings is 1. The number of hydrogen-bond donors (Lipinski definition) is 1. The van der Waals surface area contributed by atoms with Crippen LogP contribution in [-0.2, 0) is 21.4 Å². The molecule has 0 aliphatic carbocycles. The molecule has 1 aromatic heterocycles. The fourth-order valence-electron chi connectivity index (χ4n) is 3.23. The first-order valence-electron chi connectivity index (χ1n) is 8.82. The van der Waals surface area contributed by atoms with Crippen molar-refractivity contribution in [2.45, 2.75) is 64.1 Å². The van der Waals surface area contributed by atoms with Crippen molar-refractivity contribution in [1.29, 1.82) is 0 Å². The number of cyclic esters (lactones) is 1. The van der Waals surface area contributed by atoms with E-state index in [1.54, 1.807) is 16.8 Å². The molecule has 1 aliphatic rings. The van der Waals surface area contributed by atoms with Crippen LogP contribution in [0.3, 0.4) is 0 Å². The van der Waals surface area contributed by atoms with Crippen LogP contribution in [0.2, 0.25) is 0 Å². The molecule has 1 N–H and O–H groups in total. The maximum absolute atomic E-state index is 13.2. The lowest BCUT2D eigenvalue weighted by Gasteiger charge is -2.26. The number of aromatic nitrogens is 3. The summed E-state index contributed by atoms with van der Waals surface area (Å²) in [7, 11) is 0. The van der Waals surface area contributed by atoms with Gasteiger partial charge in [0.15, 0.2) is 0 Å². The predicted molar refractivity (Wildman–Crippen MR) is 93.5 cm³/mol. The van der Waals surface area contributed by atoms with Gasteiger partial charge < -0.3 is 9.84 Å². The van der Waals surface area contributed by atoms with Crippen LogP contribution in [0.5, 0.6) is 0 Å². The minimum Gasteiger partial charge on any atom is -0.462 e. The number of carbonyl (C=O) groups is 1. The van der Waals surface area contributed by atoms with E-state index in [0.29, 0.717) is 19.3 Å². The molecule has 1 fully saturated rings. The Labute approximate surface area is 152 Å². The Morgan fingerprint density at radius 2 is 2.00 bits per heavy atom. The second kappa shape index (κ2) is 7.15.